The monoisotopic (exact) mass is 454 g/mol. The van der Waals surface area contributed by atoms with Crippen LogP contribution in [-0.4, -0.2) is 70.4 Å². The van der Waals surface area contributed by atoms with Crippen molar-refractivity contribution in [2.45, 2.75) is 30.4 Å². The van der Waals surface area contributed by atoms with E-state index in [1.807, 2.05) is 23.2 Å². The summed E-state index contributed by atoms with van der Waals surface area (Å²) >= 11 is 0. The van der Waals surface area contributed by atoms with Crippen molar-refractivity contribution < 1.29 is 13.2 Å². The lowest BCUT2D eigenvalue weighted by atomic mass is 10.1. The topological polar surface area (TPSA) is 101 Å². The summed E-state index contributed by atoms with van der Waals surface area (Å²) in [4.78, 5) is 25.6. The summed E-state index contributed by atoms with van der Waals surface area (Å²) in [5.41, 5.74) is 0.805. The van der Waals surface area contributed by atoms with E-state index in [9.17, 15) is 13.2 Å². The number of carbonyl (C=O) groups is 1. The van der Waals surface area contributed by atoms with E-state index in [0.29, 0.717) is 32.0 Å². The number of sulfone groups is 1. The molecule has 0 spiro atoms. The third-order valence-electron chi connectivity index (χ3n) is 5.56. The number of carbonyl (C=O) groups excluding carboxylic acids is 1. The molecule has 32 heavy (non-hydrogen) atoms. The fourth-order valence-electron chi connectivity index (χ4n) is 3.58. The van der Waals surface area contributed by atoms with E-state index in [2.05, 4.69) is 20.0 Å². The van der Waals surface area contributed by atoms with Gasteiger partial charge in [0.2, 0.25) is 5.91 Å². The highest BCUT2D eigenvalue weighted by atomic mass is 32.2. The van der Waals surface area contributed by atoms with Crippen LogP contribution in [0, 0.1) is 0 Å². The van der Waals surface area contributed by atoms with Crippen molar-refractivity contribution in [3.05, 3.63) is 60.7 Å². The second-order valence-electron chi connectivity index (χ2n) is 7.97. The van der Waals surface area contributed by atoms with Gasteiger partial charge in [0.1, 0.15) is 12.1 Å². The molecule has 0 radical (unpaired) electrons. The second kappa shape index (κ2) is 9.07. The van der Waals surface area contributed by atoms with Crippen LogP contribution in [0.15, 0.2) is 60.0 Å². The van der Waals surface area contributed by atoms with E-state index < -0.39 is 15.1 Å². The Morgan fingerprint density at radius 2 is 1.72 bits per heavy atom. The summed E-state index contributed by atoms with van der Waals surface area (Å²) in [6.07, 6.45) is 5.29. The first kappa shape index (κ1) is 21.9. The third-order valence-corrected chi connectivity index (χ3v) is 7.73. The van der Waals surface area contributed by atoms with Crippen LogP contribution in [0.4, 0.5) is 5.82 Å². The molecule has 3 heterocycles. The summed E-state index contributed by atoms with van der Waals surface area (Å²) in [6.45, 7) is 5.86. The molecular weight excluding hydrogens is 428 g/mol. The van der Waals surface area contributed by atoms with E-state index in [1.165, 1.54) is 6.33 Å². The van der Waals surface area contributed by atoms with Gasteiger partial charge in [-0.25, -0.2) is 23.1 Å². The second-order valence-corrected chi connectivity index (χ2v) is 10.5. The van der Waals surface area contributed by atoms with Gasteiger partial charge in [-0.1, -0.05) is 12.1 Å². The summed E-state index contributed by atoms with van der Waals surface area (Å²) in [5, 5.41) is 3.72. The molecule has 0 unspecified atom stereocenters. The summed E-state index contributed by atoms with van der Waals surface area (Å²) in [7, 11) is -3.31. The first-order valence-electron chi connectivity index (χ1n) is 10.5. The molecule has 1 aromatic carbocycles. The number of aromatic nitrogens is 4. The third kappa shape index (κ3) is 4.64. The van der Waals surface area contributed by atoms with E-state index in [0.717, 1.165) is 11.4 Å². The smallest absolute Gasteiger partial charge is 0.227 e. The number of piperazine rings is 1. The standard InChI is InChI=1S/C22H26N6O3S/c1-17(2)32(30,31)19-6-4-18(5-7-19)14-22(29)27-12-10-26(11-13-27)20-15-21(24-16-23-20)28-9-3-8-25-28/h3-9,15-17H,10-14H2,1-2H3. The molecule has 0 saturated carbocycles. The van der Waals surface area contributed by atoms with Gasteiger partial charge < -0.3 is 9.80 Å². The fourth-order valence-corrected chi connectivity index (χ4v) is 4.64. The Balaban J connectivity index is 1.35. The van der Waals surface area contributed by atoms with Gasteiger partial charge in [0.05, 0.1) is 16.6 Å². The minimum atomic E-state index is -3.31. The van der Waals surface area contributed by atoms with Crippen LogP contribution < -0.4 is 4.90 Å². The number of rotatable bonds is 6. The van der Waals surface area contributed by atoms with Crippen LogP contribution in [0.2, 0.25) is 0 Å². The molecule has 3 aromatic rings. The highest BCUT2D eigenvalue weighted by Crippen LogP contribution is 2.18. The lowest BCUT2D eigenvalue weighted by Gasteiger charge is -2.35. The predicted molar refractivity (Wildman–Crippen MR) is 120 cm³/mol. The lowest BCUT2D eigenvalue weighted by Crippen LogP contribution is -2.49. The van der Waals surface area contributed by atoms with Crippen molar-refractivity contribution >= 4 is 21.6 Å². The molecule has 0 aliphatic carbocycles. The molecule has 1 aliphatic heterocycles. The molecule has 10 heteroatoms. The van der Waals surface area contributed by atoms with E-state index in [1.54, 1.807) is 49.0 Å². The molecule has 168 valence electrons. The van der Waals surface area contributed by atoms with Crippen molar-refractivity contribution in [2.24, 2.45) is 0 Å². The minimum Gasteiger partial charge on any atom is -0.353 e. The molecule has 0 N–H and O–H groups in total. The maximum atomic E-state index is 12.8. The number of benzene rings is 1. The predicted octanol–water partition coefficient (Wildman–Crippen LogP) is 1.74. The Labute approximate surface area is 187 Å². The van der Waals surface area contributed by atoms with Gasteiger partial charge in [0, 0.05) is 44.6 Å². The Bertz CT molecular complexity index is 1170. The lowest BCUT2D eigenvalue weighted by molar-refractivity contribution is -0.130. The SMILES string of the molecule is CC(C)S(=O)(=O)c1ccc(CC(=O)N2CCN(c3cc(-n4cccn4)ncn3)CC2)cc1. The molecule has 1 fully saturated rings. The fraction of sp³-hybridized carbons (Fsp3) is 0.364. The Morgan fingerprint density at radius 1 is 1.03 bits per heavy atom. The maximum Gasteiger partial charge on any atom is 0.227 e. The van der Waals surface area contributed by atoms with Gasteiger partial charge in [-0.15, -0.1) is 0 Å². The van der Waals surface area contributed by atoms with Gasteiger partial charge in [-0.2, -0.15) is 5.10 Å². The first-order valence-corrected chi connectivity index (χ1v) is 12.1. The van der Waals surface area contributed by atoms with Crippen molar-refractivity contribution in [3.63, 3.8) is 0 Å². The number of anilines is 1. The molecular formula is C22H26N6O3S. The molecule has 0 bridgehead atoms. The molecule has 1 amide bonds. The first-order chi connectivity index (χ1) is 15.3. The largest absolute Gasteiger partial charge is 0.353 e. The van der Waals surface area contributed by atoms with Crippen LogP contribution in [0.25, 0.3) is 5.82 Å². The van der Waals surface area contributed by atoms with Crippen LogP contribution in [0.3, 0.4) is 0 Å². The van der Waals surface area contributed by atoms with E-state index in [-0.39, 0.29) is 17.2 Å². The molecule has 0 atom stereocenters. The highest BCUT2D eigenvalue weighted by molar-refractivity contribution is 7.92. The zero-order valence-electron chi connectivity index (χ0n) is 18.1. The van der Waals surface area contributed by atoms with Crippen LogP contribution >= 0.6 is 0 Å². The Morgan fingerprint density at radius 3 is 2.34 bits per heavy atom. The summed E-state index contributed by atoms with van der Waals surface area (Å²) in [6, 6.07) is 10.3. The van der Waals surface area contributed by atoms with Crippen LogP contribution in [-0.2, 0) is 21.1 Å². The molecule has 9 nitrogen and oxygen atoms in total. The Hall–Kier alpha value is -3.27. The summed E-state index contributed by atoms with van der Waals surface area (Å²) < 4.78 is 26.2. The average Bonchev–Trinajstić information content (AvgIpc) is 3.35. The number of amides is 1. The van der Waals surface area contributed by atoms with Crippen LogP contribution in [0.5, 0.6) is 0 Å². The molecule has 2 aromatic heterocycles. The highest BCUT2D eigenvalue weighted by Gasteiger charge is 2.23. The quantitative estimate of drug-likeness (QED) is 0.559. The maximum absolute atomic E-state index is 12.8. The number of hydrogen-bond acceptors (Lipinski definition) is 7. The molecule has 1 aliphatic rings. The van der Waals surface area contributed by atoms with Gasteiger partial charge in [-0.3, -0.25) is 4.79 Å². The number of nitrogens with zero attached hydrogens (tertiary/aromatic N) is 6. The molecule has 1 saturated heterocycles. The van der Waals surface area contributed by atoms with Crippen LogP contribution in [0.1, 0.15) is 19.4 Å². The van der Waals surface area contributed by atoms with E-state index in [4.69, 9.17) is 0 Å². The number of hydrogen-bond donors (Lipinski definition) is 0. The molecule has 4 rings (SSSR count). The zero-order chi connectivity index (χ0) is 22.7. The Kier molecular flexibility index (Phi) is 6.22. The summed E-state index contributed by atoms with van der Waals surface area (Å²) in [5.74, 6) is 1.53. The normalized spacial score (nSPS) is 14.7. The zero-order valence-corrected chi connectivity index (χ0v) is 18.9. The van der Waals surface area contributed by atoms with Gasteiger partial charge >= 0.3 is 0 Å². The van der Waals surface area contributed by atoms with Gasteiger partial charge in [0.15, 0.2) is 15.7 Å². The van der Waals surface area contributed by atoms with Crippen molar-refractivity contribution in [3.8, 4) is 5.82 Å². The van der Waals surface area contributed by atoms with Crippen molar-refractivity contribution in [1.29, 1.82) is 0 Å². The van der Waals surface area contributed by atoms with Crippen molar-refractivity contribution in [2.75, 3.05) is 31.1 Å². The van der Waals surface area contributed by atoms with Gasteiger partial charge in [0.25, 0.3) is 0 Å². The van der Waals surface area contributed by atoms with Gasteiger partial charge in [-0.05, 0) is 37.6 Å². The average molecular weight is 455 g/mol. The van der Waals surface area contributed by atoms with Crippen molar-refractivity contribution in [1.82, 2.24) is 24.6 Å². The minimum absolute atomic E-state index is 0.0315. The van der Waals surface area contributed by atoms with E-state index >= 15 is 0 Å².